The van der Waals surface area contributed by atoms with E-state index in [-0.39, 0.29) is 0 Å². The smallest absolute Gasteiger partial charge is 0.143 e. The SMILES string of the molecule is CCCNc1nc(CSC(C)CC)nc(C)c1I. The first-order chi connectivity index (χ1) is 8.58. The second-order valence-electron chi connectivity index (χ2n) is 4.34. The zero-order chi connectivity index (χ0) is 13.5. The van der Waals surface area contributed by atoms with Crippen LogP contribution in [-0.4, -0.2) is 21.8 Å². The van der Waals surface area contributed by atoms with E-state index in [1.165, 1.54) is 6.42 Å². The second-order valence-corrected chi connectivity index (χ2v) is 6.85. The zero-order valence-corrected chi connectivity index (χ0v) is 14.6. The third kappa shape index (κ3) is 4.91. The normalized spacial score (nSPS) is 12.5. The van der Waals surface area contributed by atoms with Crippen LogP contribution >= 0.6 is 34.4 Å². The van der Waals surface area contributed by atoms with Gasteiger partial charge >= 0.3 is 0 Å². The lowest BCUT2D eigenvalue weighted by molar-refractivity contribution is 0.896. The lowest BCUT2D eigenvalue weighted by atomic mass is 10.4. The molecule has 0 aliphatic heterocycles. The van der Waals surface area contributed by atoms with Crippen LogP contribution in [0.3, 0.4) is 0 Å². The van der Waals surface area contributed by atoms with Gasteiger partial charge in [-0.15, -0.1) is 0 Å². The number of hydrogen-bond donors (Lipinski definition) is 1. The number of nitrogens with zero attached hydrogens (tertiary/aromatic N) is 2. The third-order valence-corrected chi connectivity index (χ3v) is 5.30. The van der Waals surface area contributed by atoms with Gasteiger partial charge in [0.2, 0.25) is 0 Å². The van der Waals surface area contributed by atoms with Crippen LogP contribution in [0.5, 0.6) is 0 Å². The lowest BCUT2D eigenvalue weighted by Crippen LogP contribution is -2.09. The van der Waals surface area contributed by atoms with Gasteiger partial charge in [0.05, 0.1) is 15.0 Å². The van der Waals surface area contributed by atoms with Crippen molar-refractivity contribution in [3.8, 4) is 0 Å². The van der Waals surface area contributed by atoms with Crippen molar-refractivity contribution in [3.05, 3.63) is 15.1 Å². The molecule has 0 aromatic carbocycles. The minimum absolute atomic E-state index is 0.667. The molecule has 5 heteroatoms. The molecule has 0 radical (unpaired) electrons. The monoisotopic (exact) mass is 379 g/mol. The van der Waals surface area contributed by atoms with Crippen LogP contribution < -0.4 is 5.32 Å². The van der Waals surface area contributed by atoms with Gasteiger partial charge in [-0.25, -0.2) is 9.97 Å². The molecule has 1 aromatic heterocycles. The molecular formula is C13H22IN3S. The molecule has 0 aliphatic rings. The van der Waals surface area contributed by atoms with Gasteiger partial charge in [0.1, 0.15) is 11.6 Å². The molecule has 3 nitrogen and oxygen atoms in total. The Bertz CT molecular complexity index is 385. The van der Waals surface area contributed by atoms with Crippen molar-refractivity contribution in [3.63, 3.8) is 0 Å². The summed E-state index contributed by atoms with van der Waals surface area (Å²) in [6.07, 6.45) is 2.30. The fourth-order valence-corrected chi connectivity index (χ4v) is 2.61. The molecule has 1 heterocycles. The van der Waals surface area contributed by atoms with Gasteiger partial charge in [0.25, 0.3) is 0 Å². The molecule has 0 amide bonds. The van der Waals surface area contributed by atoms with E-state index in [0.29, 0.717) is 5.25 Å². The maximum atomic E-state index is 4.63. The van der Waals surface area contributed by atoms with Gasteiger partial charge in [0, 0.05) is 11.8 Å². The summed E-state index contributed by atoms with van der Waals surface area (Å²) < 4.78 is 1.14. The summed E-state index contributed by atoms with van der Waals surface area (Å²) in [4.78, 5) is 9.19. The van der Waals surface area contributed by atoms with Crippen molar-refractivity contribution in [2.24, 2.45) is 0 Å². The van der Waals surface area contributed by atoms with E-state index in [2.05, 4.69) is 65.6 Å². The molecule has 0 fully saturated rings. The standard InChI is InChI=1S/C13H22IN3S/c1-5-7-15-13-12(14)10(4)16-11(17-13)8-18-9(3)6-2/h9H,5-8H2,1-4H3,(H,15,16,17). The molecule has 0 aliphatic carbocycles. The summed E-state index contributed by atoms with van der Waals surface area (Å²) in [6.45, 7) is 9.64. The first-order valence-electron chi connectivity index (χ1n) is 6.46. The Morgan fingerprint density at radius 2 is 2.06 bits per heavy atom. The van der Waals surface area contributed by atoms with E-state index in [1.54, 1.807) is 0 Å². The molecule has 1 atom stereocenters. The van der Waals surface area contributed by atoms with Gasteiger partial charge in [-0.3, -0.25) is 0 Å². The third-order valence-electron chi connectivity index (χ3n) is 2.68. The summed E-state index contributed by atoms with van der Waals surface area (Å²) in [5.74, 6) is 2.83. The van der Waals surface area contributed by atoms with E-state index in [4.69, 9.17) is 0 Å². The van der Waals surface area contributed by atoms with Gasteiger partial charge < -0.3 is 5.32 Å². The predicted molar refractivity (Wildman–Crippen MR) is 89.3 cm³/mol. The van der Waals surface area contributed by atoms with E-state index in [9.17, 15) is 0 Å². The molecule has 1 N–H and O–H groups in total. The second kappa shape index (κ2) is 8.19. The van der Waals surface area contributed by atoms with E-state index < -0.39 is 0 Å². The molecule has 102 valence electrons. The Morgan fingerprint density at radius 3 is 2.67 bits per heavy atom. The van der Waals surface area contributed by atoms with Crippen molar-refractivity contribution in [1.29, 1.82) is 0 Å². The van der Waals surface area contributed by atoms with Crippen molar-refractivity contribution in [2.75, 3.05) is 11.9 Å². The summed E-state index contributed by atoms with van der Waals surface area (Å²) in [5, 5.41) is 4.04. The van der Waals surface area contributed by atoms with Crippen molar-refractivity contribution in [1.82, 2.24) is 9.97 Å². The van der Waals surface area contributed by atoms with Gasteiger partial charge in [-0.1, -0.05) is 20.8 Å². The Labute approximate surface area is 128 Å². The van der Waals surface area contributed by atoms with E-state index >= 15 is 0 Å². The average molecular weight is 379 g/mol. The van der Waals surface area contributed by atoms with Crippen molar-refractivity contribution >= 4 is 40.2 Å². The number of halogens is 1. The fourth-order valence-electron chi connectivity index (χ4n) is 1.38. The molecule has 1 aromatic rings. The highest BCUT2D eigenvalue weighted by molar-refractivity contribution is 14.1. The van der Waals surface area contributed by atoms with E-state index in [1.807, 2.05) is 11.8 Å². The Kier molecular flexibility index (Phi) is 7.29. The van der Waals surface area contributed by atoms with Crippen molar-refractivity contribution < 1.29 is 0 Å². The van der Waals surface area contributed by atoms with Crippen LogP contribution in [0.4, 0.5) is 5.82 Å². The Balaban J connectivity index is 2.76. The van der Waals surface area contributed by atoms with E-state index in [0.717, 1.165) is 39.6 Å². The molecule has 18 heavy (non-hydrogen) atoms. The largest absolute Gasteiger partial charge is 0.369 e. The number of nitrogens with one attached hydrogen (secondary N) is 1. The van der Waals surface area contributed by atoms with Crippen LogP contribution in [-0.2, 0) is 5.75 Å². The number of thioether (sulfide) groups is 1. The van der Waals surface area contributed by atoms with Crippen LogP contribution in [0.1, 0.15) is 45.1 Å². The van der Waals surface area contributed by atoms with Crippen LogP contribution in [0.2, 0.25) is 0 Å². The molecule has 0 saturated heterocycles. The lowest BCUT2D eigenvalue weighted by Gasteiger charge is -2.12. The minimum atomic E-state index is 0.667. The maximum Gasteiger partial charge on any atom is 0.143 e. The molecule has 0 bridgehead atoms. The first kappa shape index (κ1) is 16.0. The minimum Gasteiger partial charge on any atom is -0.369 e. The maximum absolute atomic E-state index is 4.63. The molecule has 0 saturated carbocycles. The van der Waals surface area contributed by atoms with Crippen LogP contribution in [0.25, 0.3) is 0 Å². The molecule has 1 rings (SSSR count). The number of aryl methyl sites for hydroxylation is 1. The summed E-state index contributed by atoms with van der Waals surface area (Å²) in [7, 11) is 0. The van der Waals surface area contributed by atoms with Crippen LogP contribution in [0.15, 0.2) is 0 Å². The quantitative estimate of drug-likeness (QED) is 0.719. The average Bonchev–Trinajstić information content (AvgIpc) is 2.37. The van der Waals surface area contributed by atoms with Crippen molar-refractivity contribution in [2.45, 2.75) is 51.5 Å². The van der Waals surface area contributed by atoms with Gasteiger partial charge in [-0.05, 0) is 42.4 Å². The predicted octanol–water partition coefficient (Wildman–Crippen LogP) is 4.24. The summed E-state index contributed by atoms with van der Waals surface area (Å²) in [6, 6.07) is 0. The van der Waals surface area contributed by atoms with Gasteiger partial charge in [0.15, 0.2) is 0 Å². The summed E-state index contributed by atoms with van der Waals surface area (Å²) in [5.41, 5.74) is 1.07. The number of hydrogen-bond acceptors (Lipinski definition) is 4. The number of anilines is 1. The topological polar surface area (TPSA) is 37.8 Å². The number of rotatable bonds is 7. The Hall–Kier alpha value is -0.0400. The van der Waals surface area contributed by atoms with Crippen LogP contribution in [0, 0.1) is 10.5 Å². The first-order valence-corrected chi connectivity index (χ1v) is 8.59. The molecular weight excluding hydrogens is 357 g/mol. The van der Waals surface area contributed by atoms with Gasteiger partial charge in [-0.2, -0.15) is 11.8 Å². The highest BCUT2D eigenvalue weighted by Crippen LogP contribution is 2.22. The highest BCUT2D eigenvalue weighted by Gasteiger charge is 2.10. The Morgan fingerprint density at radius 1 is 1.33 bits per heavy atom. The molecule has 1 unspecified atom stereocenters. The highest BCUT2D eigenvalue weighted by atomic mass is 127. The molecule has 0 spiro atoms. The summed E-state index contributed by atoms with van der Waals surface area (Å²) >= 11 is 4.24. The fraction of sp³-hybridized carbons (Fsp3) is 0.692. The number of aromatic nitrogens is 2. The zero-order valence-electron chi connectivity index (χ0n) is 11.6.